The van der Waals surface area contributed by atoms with E-state index in [0.29, 0.717) is 25.3 Å². The topological polar surface area (TPSA) is 56.7 Å². The Bertz CT molecular complexity index is 411. The molecule has 1 heterocycles. The highest BCUT2D eigenvalue weighted by molar-refractivity contribution is 14.0. The Kier molecular flexibility index (Phi) is 12.2. The van der Waals surface area contributed by atoms with Crippen molar-refractivity contribution < 1.29 is 18.0 Å². The summed E-state index contributed by atoms with van der Waals surface area (Å²) in [5, 5.41) is 5.85. The van der Waals surface area contributed by atoms with Crippen molar-refractivity contribution in [2.75, 3.05) is 33.2 Å². The van der Waals surface area contributed by atoms with Crippen molar-refractivity contribution in [1.29, 1.82) is 0 Å². The quantitative estimate of drug-likeness (QED) is 0.256. The number of nitrogens with one attached hydrogen (secondary N) is 2. The molecule has 0 radical (unpaired) electrons. The molecule has 1 fully saturated rings. The summed E-state index contributed by atoms with van der Waals surface area (Å²) in [7, 11) is 1.65. The minimum absolute atomic E-state index is 0. The van der Waals surface area contributed by atoms with Gasteiger partial charge in [-0.1, -0.05) is 0 Å². The van der Waals surface area contributed by atoms with Gasteiger partial charge in [-0.2, -0.15) is 13.2 Å². The molecule has 1 saturated heterocycles. The maximum atomic E-state index is 12.1. The first-order valence-corrected chi connectivity index (χ1v) is 8.66. The number of likely N-dealkylation sites (tertiary alicyclic amines) is 1. The van der Waals surface area contributed by atoms with Gasteiger partial charge in [-0.25, -0.2) is 0 Å². The molecule has 0 aromatic rings. The molecule has 0 unspecified atom stereocenters. The van der Waals surface area contributed by atoms with Gasteiger partial charge in [-0.05, 0) is 38.5 Å². The van der Waals surface area contributed by atoms with E-state index in [0.717, 1.165) is 38.4 Å². The van der Waals surface area contributed by atoms with Crippen LogP contribution in [0.2, 0.25) is 0 Å². The third kappa shape index (κ3) is 10.8. The number of piperidine rings is 1. The number of guanidine groups is 1. The van der Waals surface area contributed by atoms with Crippen molar-refractivity contribution in [3.05, 3.63) is 0 Å². The van der Waals surface area contributed by atoms with Gasteiger partial charge >= 0.3 is 6.18 Å². The molecule has 1 rings (SSSR count). The molecule has 1 amide bonds. The van der Waals surface area contributed by atoms with Gasteiger partial charge < -0.3 is 15.5 Å². The highest BCUT2D eigenvalue weighted by Crippen LogP contribution is 2.22. The molecule has 1 aliphatic rings. The molecule has 1 aliphatic heterocycles. The second kappa shape index (κ2) is 12.6. The normalized spacial score (nSPS) is 16.4. The third-order valence-corrected chi connectivity index (χ3v) is 4.13. The molecule has 9 heteroatoms. The Labute approximate surface area is 165 Å². The second-order valence-corrected chi connectivity index (χ2v) is 6.12. The number of halogens is 4. The minimum Gasteiger partial charge on any atom is -0.359 e. The number of nitrogens with zero attached hydrogens (tertiary/aromatic N) is 2. The average Bonchev–Trinajstić information content (AvgIpc) is 2.53. The zero-order valence-corrected chi connectivity index (χ0v) is 17.3. The summed E-state index contributed by atoms with van der Waals surface area (Å²) >= 11 is 0. The van der Waals surface area contributed by atoms with Crippen LogP contribution in [0.5, 0.6) is 0 Å². The fourth-order valence-corrected chi connectivity index (χ4v) is 2.76. The van der Waals surface area contributed by atoms with Crippen molar-refractivity contribution in [2.45, 2.75) is 51.6 Å². The number of hydrogen-bond acceptors (Lipinski definition) is 2. The van der Waals surface area contributed by atoms with Gasteiger partial charge in [-0.15, -0.1) is 24.0 Å². The van der Waals surface area contributed by atoms with Gasteiger partial charge in [0, 0.05) is 46.1 Å². The number of carbonyl (C=O) groups excluding carboxylic acids is 1. The van der Waals surface area contributed by atoms with Gasteiger partial charge in [-0.3, -0.25) is 9.79 Å². The van der Waals surface area contributed by atoms with Gasteiger partial charge in [0.05, 0.1) is 0 Å². The van der Waals surface area contributed by atoms with Crippen LogP contribution in [0.4, 0.5) is 13.2 Å². The molecule has 25 heavy (non-hydrogen) atoms. The summed E-state index contributed by atoms with van der Waals surface area (Å²) in [5.41, 5.74) is 0. The number of carbonyl (C=O) groups is 1. The van der Waals surface area contributed by atoms with E-state index in [1.807, 2.05) is 6.92 Å². The minimum atomic E-state index is -4.08. The maximum Gasteiger partial charge on any atom is 0.389 e. The van der Waals surface area contributed by atoms with E-state index in [1.165, 1.54) is 0 Å². The van der Waals surface area contributed by atoms with Crippen molar-refractivity contribution in [1.82, 2.24) is 15.5 Å². The van der Waals surface area contributed by atoms with E-state index >= 15 is 0 Å². The Balaban J connectivity index is 0.00000576. The van der Waals surface area contributed by atoms with Crippen molar-refractivity contribution in [3.63, 3.8) is 0 Å². The predicted molar refractivity (Wildman–Crippen MR) is 104 cm³/mol. The summed E-state index contributed by atoms with van der Waals surface area (Å²) < 4.78 is 36.4. The molecule has 0 bridgehead atoms. The van der Waals surface area contributed by atoms with Crippen LogP contribution < -0.4 is 10.6 Å². The van der Waals surface area contributed by atoms with Crippen molar-refractivity contribution in [2.24, 2.45) is 10.9 Å². The molecule has 0 saturated carbocycles. The first-order valence-electron chi connectivity index (χ1n) is 8.66. The van der Waals surface area contributed by atoms with Crippen molar-refractivity contribution in [3.8, 4) is 0 Å². The molecule has 2 N–H and O–H groups in total. The van der Waals surface area contributed by atoms with E-state index in [4.69, 9.17) is 0 Å². The average molecular weight is 478 g/mol. The van der Waals surface area contributed by atoms with Crippen molar-refractivity contribution >= 4 is 35.8 Å². The van der Waals surface area contributed by atoms with Crippen LogP contribution in [0.3, 0.4) is 0 Å². The van der Waals surface area contributed by atoms with E-state index < -0.39 is 12.6 Å². The lowest BCUT2D eigenvalue weighted by molar-refractivity contribution is -0.135. The third-order valence-electron chi connectivity index (χ3n) is 4.13. The highest BCUT2D eigenvalue weighted by atomic mass is 127. The zero-order chi connectivity index (χ0) is 18.0. The molecule has 0 spiro atoms. The number of aliphatic imine (C=N–C) groups is 1. The fraction of sp³-hybridized carbons (Fsp3) is 0.875. The molecular formula is C16H30F3IN4O. The number of rotatable bonds is 7. The van der Waals surface area contributed by atoms with Crippen LogP contribution in [0.15, 0.2) is 4.99 Å². The standard InChI is InChI=1S/C16H29F3N4O.HI/c1-3-21-15(22-9-5-4-8-16(17,18)19)23-10-6-13(7-11-23)12-14(24)20-2;/h13H,3-12H2,1-2H3,(H,20,24)(H,21,22);1H. The zero-order valence-electron chi connectivity index (χ0n) is 15.0. The molecule has 0 aromatic carbocycles. The van der Waals surface area contributed by atoms with E-state index in [1.54, 1.807) is 7.05 Å². The Morgan fingerprint density at radius 3 is 2.40 bits per heavy atom. The van der Waals surface area contributed by atoms with Crippen LogP contribution in [0.1, 0.15) is 45.4 Å². The number of amides is 1. The van der Waals surface area contributed by atoms with Gasteiger partial charge in [0.15, 0.2) is 5.96 Å². The molecule has 0 aliphatic carbocycles. The molecular weight excluding hydrogens is 448 g/mol. The lowest BCUT2D eigenvalue weighted by atomic mass is 9.93. The molecule has 148 valence electrons. The summed E-state index contributed by atoms with van der Waals surface area (Å²) in [6.07, 6.45) is -1.89. The van der Waals surface area contributed by atoms with E-state index in [-0.39, 0.29) is 36.3 Å². The van der Waals surface area contributed by atoms with E-state index in [9.17, 15) is 18.0 Å². The maximum absolute atomic E-state index is 12.1. The molecule has 0 aromatic heterocycles. The summed E-state index contributed by atoms with van der Waals surface area (Å²) in [6.45, 7) is 4.72. The summed E-state index contributed by atoms with van der Waals surface area (Å²) in [4.78, 5) is 18.0. The number of hydrogen-bond donors (Lipinski definition) is 2. The first kappa shape index (κ1) is 24.3. The van der Waals surface area contributed by atoms with Crippen LogP contribution >= 0.6 is 24.0 Å². The van der Waals surface area contributed by atoms with E-state index in [2.05, 4.69) is 20.5 Å². The molecule has 5 nitrogen and oxygen atoms in total. The Hall–Kier alpha value is -0.740. The predicted octanol–water partition coefficient (Wildman–Crippen LogP) is 3.15. The van der Waals surface area contributed by atoms with Crippen LogP contribution in [0.25, 0.3) is 0 Å². The number of alkyl halides is 3. The van der Waals surface area contributed by atoms with Gasteiger partial charge in [0.25, 0.3) is 0 Å². The first-order chi connectivity index (χ1) is 11.4. The van der Waals surface area contributed by atoms with Crippen LogP contribution in [0, 0.1) is 5.92 Å². The van der Waals surface area contributed by atoms with Gasteiger partial charge in [0.2, 0.25) is 5.91 Å². The summed E-state index contributed by atoms with van der Waals surface area (Å²) in [5.74, 6) is 1.22. The number of unbranched alkanes of at least 4 members (excludes halogenated alkanes) is 1. The molecule has 0 atom stereocenters. The van der Waals surface area contributed by atoms with Gasteiger partial charge in [0.1, 0.15) is 0 Å². The largest absolute Gasteiger partial charge is 0.389 e. The van der Waals surface area contributed by atoms with Crippen LogP contribution in [-0.2, 0) is 4.79 Å². The Morgan fingerprint density at radius 1 is 1.24 bits per heavy atom. The second-order valence-electron chi connectivity index (χ2n) is 6.12. The summed E-state index contributed by atoms with van der Waals surface area (Å²) in [6, 6.07) is 0. The lowest BCUT2D eigenvalue weighted by Gasteiger charge is -2.34. The van der Waals surface area contributed by atoms with Crippen LogP contribution in [-0.4, -0.2) is 56.2 Å². The monoisotopic (exact) mass is 478 g/mol. The Morgan fingerprint density at radius 2 is 1.88 bits per heavy atom. The highest BCUT2D eigenvalue weighted by Gasteiger charge is 2.26. The fourth-order valence-electron chi connectivity index (χ4n) is 2.76. The SMILES string of the molecule is CCNC(=NCCCCC(F)(F)F)N1CCC(CC(=O)NC)CC1.I. The smallest absolute Gasteiger partial charge is 0.359 e. The lowest BCUT2D eigenvalue weighted by Crippen LogP contribution is -2.46.